The quantitative estimate of drug-likeness (QED) is 0.550. The predicted molar refractivity (Wildman–Crippen MR) is 80.2 cm³/mol. The van der Waals surface area contributed by atoms with E-state index in [0.29, 0.717) is 19.4 Å². The van der Waals surface area contributed by atoms with E-state index in [4.69, 9.17) is 5.73 Å². The van der Waals surface area contributed by atoms with Crippen LogP contribution in [-0.2, 0) is 19.6 Å². The van der Waals surface area contributed by atoms with Gasteiger partial charge in [-0.1, -0.05) is 24.1 Å². The minimum absolute atomic E-state index is 0.126. The zero-order valence-electron chi connectivity index (χ0n) is 12.3. The highest BCUT2D eigenvalue weighted by molar-refractivity contribution is 7.89. The number of aryl methyl sites for hydroxylation is 1. The van der Waals surface area contributed by atoms with E-state index in [1.54, 1.807) is 12.1 Å². The molecule has 1 aromatic carbocycles. The molecule has 21 heavy (non-hydrogen) atoms. The lowest BCUT2D eigenvalue weighted by Crippen LogP contribution is -2.41. The van der Waals surface area contributed by atoms with Crippen LogP contribution in [0.5, 0.6) is 0 Å². The number of rotatable bonds is 8. The molecule has 1 rings (SSSR count). The third kappa shape index (κ3) is 5.45. The van der Waals surface area contributed by atoms with Gasteiger partial charge in [0.1, 0.15) is 6.04 Å². The van der Waals surface area contributed by atoms with Crippen molar-refractivity contribution >= 4 is 16.0 Å². The van der Waals surface area contributed by atoms with E-state index >= 15 is 0 Å². The fraction of sp³-hybridized carbons (Fsp3) is 0.500. The second-order valence-electron chi connectivity index (χ2n) is 4.79. The first kappa shape index (κ1) is 17.6. The van der Waals surface area contributed by atoms with Crippen LogP contribution in [0.3, 0.4) is 0 Å². The molecule has 0 amide bonds. The Bertz CT molecular complexity index is 555. The average molecular weight is 314 g/mol. The van der Waals surface area contributed by atoms with Gasteiger partial charge in [-0.05, 0) is 38.4 Å². The van der Waals surface area contributed by atoms with Crippen molar-refractivity contribution in [1.82, 2.24) is 4.72 Å². The van der Waals surface area contributed by atoms with Crippen molar-refractivity contribution in [3.05, 3.63) is 29.8 Å². The third-order valence-electron chi connectivity index (χ3n) is 3.06. The lowest BCUT2D eigenvalue weighted by molar-refractivity contribution is -0.142. The van der Waals surface area contributed by atoms with Crippen LogP contribution in [0.4, 0.5) is 0 Å². The van der Waals surface area contributed by atoms with Gasteiger partial charge in [-0.15, -0.1) is 0 Å². The molecule has 0 heterocycles. The Kier molecular flexibility index (Phi) is 6.80. The SMILES string of the molecule is COC(=O)[C@@H](CCCCN)NS(=O)(=O)c1ccc(C)cc1. The number of ether oxygens (including phenoxy) is 1. The fourth-order valence-electron chi connectivity index (χ4n) is 1.83. The van der Waals surface area contributed by atoms with Crippen molar-refractivity contribution in [1.29, 1.82) is 0 Å². The molecule has 0 fully saturated rings. The molecule has 0 aromatic heterocycles. The molecule has 0 spiro atoms. The molecule has 3 N–H and O–H groups in total. The van der Waals surface area contributed by atoms with Gasteiger partial charge in [0.05, 0.1) is 12.0 Å². The molecule has 118 valence electrons. The summed E-state index contributed by atoms with van der Waals surface area (Å²) in [6, 6.07) is 5.53. The number of esters is 1. The van der Waals surface area contributed by atoms with Gasteiger partial charge < -0.3 is 10.5 Å². The Morgan fingerprint density at radius 3 is 2.43 bits per heavy atom. The molecular formula is C14H22N2O4S. The van der Waals surface area contributed by atoms with Crippen LogP contribution in [0, 0.1) is 6.92 Å². The largest absolute Gasteiger partial charge is 0.468 e. The second kappa shape index (κ2) is 8.11. The van der Waals surface area contributed by atoms with Crippen LogP contribution in [-0.4, -0.2) is 34.1 Å². The number of sulfonamides is 1. The zero-order valence-corrected chi connectivity index (χ0v) is 13.2. The molecule has 0 bridgehead atoms. The maximum atomic E-state index is 12.3. The molecule has 0 aliphatic carbocycles. The lowest BCUT2D eigenvalue weighted by atomic mass is 10.1. The molecule has 0 unspecified atom stereocenters. The predicted octanol–water partition coefficient (Wildman–Crippen LogP) is 0.944. The van der Waals surface area contributed by atoms with E-state index in [1.807, 2.05) is 6.92 Å². The molecule has 0 radical (unpaired) electrons. The normalized spacial score (nSPS) is 12.9. The highest BCUT2D eigenvalue weighted by Gasteiger charge is 2.25. The van der Waals surface area contributed by atoms with Crippen molar-refractivity contribution in [3.8, 4) is 0 Å². The molecular weight excluding hydrogens is 292 g/mol. The first-order valence-corrected chi connectivity index (χ1v) is 8.26. The van der Waals surface area contributed by atoms with Crippen molar-refractivity contribution < 1.29 is 17.9 Å². The van der Waals surface area contributed by atoms with Crippen LogP contribution in [0.15, 0.2) is 29.2 Å². The van der Waals surface area contributed by atoms with Gasteiger partial charge in [0.2, 0.25) is 10.0 Å². The third-order valence-corrected chi connectivity index (χ3v) is 4.55. The summed E-state index contributed by atoms with van der Waals surface area (Å²) in [5, 5.41) is 0. The van der Waals surface area contributed by atoms with Gasteiger partial charge in [-0.2, -0.15) is 4.72 Å². The van der Waals surface area contributed by atoms with Crippen LogP contribution < -0.4 is 10.5 Å². The molecule has 1 aromatic rings. The first-order chi connectivity index (χ1) is 9.90. The van der Waals surface area contributed by atoms with E-state index in [9.17, 15) is 13.2 Å². The Balaban J connectivity index is 2.85. The number of nitrogens with one attached hydrogen (secondary N) is 1. The van der Waals surface area contributed by atoms with Crippen molar-refractivity contribution in [2.45, 2.75) is 37.1 Å². The lowest BCUT2D eigenvalue weighted by Gasteiger charge is -2.16. The van der Waals surface area contributed by atoms with Crippen LogP contribution >= 0.6 is 0 Å². The fourth-order valence-corrected chi connectivity index (χ4v) is 3.05. The maximum absolute atomic E-state index is 12.3. The summed E-state index contributed by atoms with van der Waals surface area (Å²) in [5.74, 6) is -0.595. The monoisotopic (exact) mass is 314 g/mol. The topological polar surface area (TPSA) is 98.5 Å². The van der Waals surface area contributed by atoms with Gasteiger partial charge >= 0.3 is 5.97 Å². The summed E-state index contributed by atoms with van der Waals surface area (Å²) in [7, 11) is -2.52. The summed E-state index contributed by atoms with van der Waals surface area (Å²) < 4.78 is 31.6. The number of benzene rings is 1. The number of hydrogen-bond acceptors (Lipinski definition) is 5. The zero-order chi connectivity index (χ0) is 15.9. The standard InChI is InChI=1S/C14H22N2O4S/c1-11-6-8-12(9-7-11)21(18,19)16-13(14(17)20-2)5-3-4-10-15/h6-9,13,16H,3-5,10,15H2,1-2H3/t13-/m1/s1. The van der Waals surface area contributed by atoms with Gasteiger partial charge in [-0.25, -0.2) is 8.42 Å². The minimum atomic E-state index is -3.75. The first-order valence-electron chi connectivity index (χ1n) is 6.77. The van der Waals surface area contributed by atoms with Gasteiger partial charge in [-0.3, -0.25) is 4.79 Å². The number of carbonyl (C=O) groups excluding carboxylic acids is 1. The summed E-state index contributed by atoms with van der Waals surface area (Å²) in [6.45, 7) is 2.37. The van der Waals surface area contributed by atoms with Gasteiger partial charge in [0.25, 0.3) is 0 Å². The van der Waals surface area contributed by atoms with Crippen molar-refractivity contribution in [2.24, 2.45) is 5.73 Å². The summed E-state index contributed by atoms with van der Waals surface area (Å²) >= 11 is 0. The molecule has 6 nitrogen and oxygen atoms in total. The highest BCUT2D eigenvalue weighted by atomic mass is 32.2. The molecule has 0 aliphatic heterocycles. The van der Waals surface area contributed by atoms with E-state index in [-0.39, 0.29) is 4.90 Å². The maximum Gasteiger partial charge on any atom is 0.323 e. The van der Waals surface area contributed by atoms with Crippen LogP contribution in [0.25, 0.3) is 0 Å². The Morgan fingerprint density at radius 1 is 1.29 bits per heavy atom. The smallest absolute Gasteiger partial charge is 0.323 e. The Labute approximate surface area is 125 Å². The number of carbonyl (C=O) groups is 1. The Hall–Kier alpha value is -1.44. The number of methoxy groups -OCH3 is 1. The number of nitrogens with two attached hydrogens (primary N) is 1. The van der Waals surface area contributed by atoms with Crippen LogP contribution in [0.1, 0.15) is 24.8 Å². The van der Waals surface area contributed by atoms with Crippen molar-refractivity contribution in [3.63, 3.8) is 0 Å². The summed E-state index contributed by atoms with van der Waals surface area (Å²) in [6.07, 6.45) is 1.72. The van der Waals surface area contributed by atoms with E-state index in [1.165, 1.54) is 19.2 Å². The number of hydrogen-bond donors (Lipinski definition) is 2. The van der Waals surface area contributed by atoms with E-state index in [0.717, 1.165) is 12.0 Å². The molecule has 1 atom stereocenters. The van der Waals surface area contributed by atoms with Crippen LogP contribution in [0.2, 0.25) is 0 Å². The summed E-state index contributed by atoms with van der Waals surface area (Å²) in [5.41, 5.74) is 6.36. The Morgan fingerprint density at radius 2 is 1.90 bits per heavy atom. The molecule has 0 saturated heterocycles. The molecule has 0 saturated carbocycles. The van der Waals surface area contributed by atoms with E-state index < -0.39 is 22.0 Å². The average Bonchev–Trinajstić information content (AvgIpc) is 2.46. The minimum Gasteiger partial charge on any atom is -0.468 e. The van der Waals surface area contributed by atoms with E-state index in [2.05, 4.69) is 9.46 Å². The highest BCUT2D eigenvalue weighted by Crippen LogP contribution is 2.12. The number of unbranched alkanes of at least 4 members (excludes halogenated alkanes) is 1. The summed E-state index contributed by atoms with van der Waals surface area (Å²) in [4.78, 5) is 11.8. The van der Waals surface area contributed by atoms with Crippen molar-refractivity contribution in [2.75, 3.05) is 13.7 Å². The van der Waals surface area contributed by atoms with Gasteiger partial charge in [0.15, 0.2) is 0 Å². The molecule has 7 heteroatoms. The molecule has 0 aliphatic rings. The van der Waals surface area contributed by atoms with Gasteiger partial charge in [0, 0.05) is 0 Å². The second-order valence-corrected chi connectivity index (χ2v) is 6.51.